The third-order valence-electron chi connectivity index (χ3n) is 3.05. The lowest BCUT2D eigenvalue weighted by molar-refractivity contribution is -0.384. The second kappa shape index (κ2) is 5.05. The first kappa shape index (κ1) is 11.7. The normalized spacial score (nSPS) is 16.7. The lowest BCUT2D eigenvalue weighted by Gasteiger charge is -2.21. The van der Waals surface area contributed by atoms with Gasteiger partial charge in [0.25, 0.3) is 5.69 Å². The Hall–Kier alpha value is -1.75. The second-order valence-corrected chi connectivity index (χ2v) is 4.20. The molecule has 2 rings (SSSR count). The lowest BCUT2D eigenvalue weighted by Crippen LogP contribution is -2.31. The first-order chi connectivity index (χ1) is 8.18. The van der Waals surface area contributed by atoms with Gasteiger partial charge < -0.3 is 5.32 Å². The summed E-state index contributed by atoms with van der Waals surface area (Å²) in [6.07, 6.45) is 1.61. The van der Waals surface area contributed by atoms with E-state index in [1.165, 1.54) is 12.1 Å². The van der Waals surface area contributed by atoms with Gasteiger partial charge in [0.1, 0.15) is 0 Å². The largest absolute Gasteiger partial charge is 0.317 e. The molecule has 1 N–H and O–H groups in total. The van der Waals surface area contributed by atoms with Gasteiger partial charge in [0.2, 0.25) is 0 Å². The highest BCUT2D eigenvalue weighted by molar-refractivity contribution is 5.98. The van der Waals surface area contributed by atoms with Crippen LogP contribution >= 0.6 is 0 Å². The number of nitrogens with zero attached hydrogens (tertiary/aromatic N) is 1. The quantitative estimate of drug-likeness (QED) is 0.491. The molecular weight excluding hydrogens is 220 g/mol. The van der Waals surface area contributed by atoms with Crippen molar-refractivity contribution in [1.82, 2.24) is 5.32 Å². The van der Waals surface area contributed by atoms with Crippen LogP contribution in [0.2, 0.25) is 0 Å². The van der Waals surface area contributed by atoms with E-state index in [1.54, 1.807) is 12.1 Å². The van der Waals surface area contributed by atoms with Crippen molar-refractivity contribution in [1.29, 1.82) is 0 Å². The average Bonchev–Trinajstić information content (AvgIpc) is 2.39. The Kier molecular flexibility index (Phi) is 3.49. The number of rotatable bonds is 3. The number of hydrogen-bond donors (Lipinski definition) is 1. The fraction of sp³-hybridized carbons (Fsp3) is 0.417. The number of carbonyl (C=O) groups is 1. The molecule has 5 nitrogen and oxygen atoms in total. The molecule has 0 radical (unpaired) electrons. The third-order valence-corrected chi connectivity index (χ3v) is 3.05. The zero-order valence-corrected chi connectivity index (χ0v) is 9.39. The molecular formula is C12H14N2O3. The molecule has 0 unspecified atom stereocenters. The van der Waals surface area contributed by atoms with E-state index in [9.17, 15) is 14.9 Å². The lowest BCUT2D eigenvalue weighted by atomic mass is 9.89. The van der Waals surface area contributed by atoms with Crippen LogP contribution in [0.5, 0.6) is 0 Å². The van der Waals surface area contributed by atoms with E-state index in [0.717, 1.165) is 25.9 Å². The van der Waals surface area contributed by atoms with E-state index in [-0.39, 0.29) is 17.4 Å². The third kappa shape index (κ3) is 2.68. The fourth-order valence-electron chi connectivity index (χ4n) is 2.09. The van der Waals surface area contributed by atoms with Crippen LogP contribution in [0.25, 0.3) is 0 Å². The summed E-state index contributed by atoms with van der Waals surface area (Å²) in [7, 11) is 0. The highest BCUT2D eigenvalue weighted by Crippen LogP contribution is 2.21. The first-order valence-electron chi connectivity index (χ1n) is 5.68. The van der Waals surface area contributed by atoms with Crippen LogP contribution in [0, 0.1) is 16.0 Å². The Balaban J connectivity index is 2.18. The summed E-state index contributed by atoms with van der Waals surface area (Å²) in [6.45, 7) is 1.68. The SMILES string of the molecule is O=C(c1cccc([N+](=O)[O-])c1)C1CCNCC1. The first-order valence-corrected chi connectivity index (χ1v) is 5.68. The number of hydrogen-bond acceptors (Lipinski definition) is 4. The van der Waals surface area contributed by atoms with Crippen molar-refractivity contribution in [2.45, 2.75) is 12.8 Å². The average molecular weight is 234 g/mol. The van der Waals surface area contributed by atoms with Gasteiger partial charge in [-0.2, -0.15) is 0 Å². The molecule has 0 spiro atoms. The van der Waals surface area contributed by atoms with Crippen LogP contribution in [0.15, 0.2) is 24.3 Å². The van der Waals surface area contributed by atoms with E-state index in [1.807, 2.05) is 0 Å². The minimum absolute atomic E-state index is 0.00162. The number of non-ortho nitro benzene ring substituents is 1. The molecule has 1 aromatic rings. The van der Waals surface area contributed by atoms with Crippen molar-refractivity contribution in [3.8, 4) is 0 Å². The van der Waals surface area contributed by atoms with E-state index in [0.29, 0.717) is 5.56 Å². The zero-order valence-electron chi connectivity index (χ0n) is 9.39. The molecule has 5 heteroatoms. The van der Waals surface area contributed by atoms with Crippen molar-refractivity contribution >= 4 is 11.5 Å². The second-order valence-electron chi connectivity index (χ2n) is 4.20. The minimum atomic E-state index is -0.473. The van der Waals surface area contributed by atoms with Gasteiger partial charge in [-0.1, -0.05) is 12.1 Å². The maximum Gasteiger partial charge on any atom is 0.270 e. The van der Waals surface area contributed by atoms with Gasteiger partial charge in [0.05, 0.1) is 4.92 Å². The van der Waals surface area contributed by atoms with Gasteiger partial charge in [0.15, 0.2) is 5.78 Å². The number of carbonyl (C=O) groups excluding carboxylic acids is 1. The van der Waals surface area contributed by atoms with Gasteiger partial charge >= 0.3 is 0 Å². The summed E-state index contributed by atoms with van der Waals surface area (Å²) in [5.41, 5.74) is 0.427. The molecule has 1 aromatic carbocycles. The van der Waals surface area contributed by atoms with Crippen LogP contribution in [0.1, 0.15) is 23.2 Å². The summed E-state index contributed by atoms with van der Waals surface area (Å²) in [5.74, 6) is 0.0217. The molecule has 0 bridgehead atoms. The summed E-state index contributed by atoms with van der Waals surface area (Å²) in [5, 5.41) is 13.8. The van der Waals surface area contributed by atoms with E-state index in [4.69, 9.17) is 0 Å². The number of ketones is 1. The molecule has 90 valence electrons. The Morgan fingerprint density at radius 3 is 2.71 bits per heavy atom. The number of nitro groups is 1. The molecule has 1 aliphatic heterocycles. The Bertz CT molecular complexity index is 439. The molecule has 1 fully saturated rings. The van der Waals surface area contributed by atoms with Crippen molar-refractivity contribution in [3.05, 3.63) is 39.9 Å². The fourth-order valence-corrected chi connectivity index (χ4v) is 2.09. The van der Waals surface area contributed by atoms with Crippen LogP contribution in [-0.4, -0.2) is 23.8 Å². The van der Waals surface area contributed by atoms with Crippen molar-refractivity contribution in [3.63, 3.8) is 0 Å². The number of nitro benzene ring substituents is 1. The Morgan fingerprint density at radius 1 is 1.35 bits per heavy atom. The number of piperidine rings is 1. The molecule has 1 heterocycles. The maximum absolute atomic E-state index is 12.1. The summed E-state index contributed by atoms with van der Waals surface area (Å²) in [6, 6.07) is 5.98. The molecule has 0 amide bonds. The predicted molar refractivity (Wildman–Crippen MR) is 63.0 cm³/mol. The monoisotopic (exact) mass is 234 g/mol. The van der Waals surface area contributed by atoms with Crippen molar-refractivity contribution < 1.29 is 9.72 Å². The summed E-state index contributed by atoms with van der Waals surface area (Å²) in [4.78, 5) is 22.3. The Morgan fingerprint density at radius 2 is 2.06 bits per heavy atom. The molecule has 0 atom stereocenters. The highest BCUT2D eigenvalue weighted by atomic mass is 16.6. The maximum atomic E-state index is 12.1. The van der Waals surface area contributed by atoms with Crippen LogP contribution in [-0.2, 0) is 0 Å². The van der Waals surface area contributed by atoms with Crippen molar-refractivity contribution in [2.75, 3.05) is 13.1 Å². The van der Waals surface area contributed by atoms with Gasteiger partial charge in [0, 0.05) is 23.6 Å². The summed E-state index contributed by atoms with van der Waals surface area (Å²) < 4.78 is 0. The van der Waals surface area contributed by atoms with E-state index in [2.05, 4.69) is 5.32 Å². The van der Waals surface area contributed by atoms with Gasteiger partial charge in [-0.25, -0.2) is 0 Å². The molecule has 0 aromatic heterocycles. The van der Waals surface area contributed by atoms with E-state index < -0.39 is 4.92 Å². The number of benzene rings is 1. The van der Waals surface area contributed by atoms with Gasteiger partial charge in [-0.05, 0) is 25.9 Å². The number of nitrogens with one attached hydrogen (secondary N) is 1. The molecule has 0 aliphatic carbocycles. The van der Waals surface area contributed by atoms with Crippen molar-refractivity contribution in [2.24, 2.45) is 5.92 Å². The van der Waals surface area contributed by atoms with Crippen LogP contribution in [0.3, 0.4) is 0 Å². The van der Waals surface area contributed by atoms with Gasteiger partial charge in [-0.15, -0.1) is 0 Å². The Labute approximate surface area is 99.0 Å². The molecule has 17 heavy (non-hydrogen) atoms. The molecule has 1 saturated heterocycles. The minimum Gasteiger partial charge on any atom is -0.317 e. The smallest absolute Gasteiger partial charge is 0.270 e. The predicted octanol–water partition coefficient (Wildman–Crippen LogP) is 1.78. The highest BCUT2D eigenvalue weighted by Gasteiger charge is 2.23. The van der Waals surface area contributed by atoms with Crippen LogP contribution in [0.4, 0.5) is 5.69 Å². The van der Waals surface area contributed by atoms with Gasteiger partial charge in [-0.3, -0.25) is 14.9 Å². The van der Waals surface area contributed by atoms with E-state index >= 15 is 0 Å². The summed E-state index contributed by atoms with van der Waals surface area (Å²) >= 11 is 0. The standard InChI is InChI=1S/C12H14N2O3/c15-12(9-4-6-13-7-5-9)10-2-1-3-11(8-10)14(16)17/h1-3,8-9,13H,4-7H2. The van der Waals surface area contributed by atoms with Crippen LogP contribution < -0.4 is 5.32 Å². The number of Topliss-reactive ketones (excluding diaryl/α,β-unsaturated/α-hetero) is 1. The topological polar surface area (TPSA) is 72.2 Å². The zero-order chi connectivity index (χ0) is 12.3. The molecule has 0 saturated carbocycles. The molecule has 1 aliphatic rings.